The van der Waals surface area contributed by atoms with Gasteiger partial charge in [0, 0.05) is 13.1 Å². The third kappa shape index (κ3) is 1.86. The molecule has 0 aliphatic rings. The first kappa shape index (κ1) is 9.71. The van der Waals surface area contributed by atoms with Gasteiger partial charge >= 0.3 is 0 Å². The van der Waals surface area contributed by atoms with Crippen LogP contribution in [-0.4, -0.2) is 13.1 Å². The van der Waals surface area contributed by atoms with Crippen molar-refractivity contribution >= 4 is 15.9 Å². The van der Waals surface area contributed by atoms with Crippen LogP contribution in [0.1, 0.15) is 5.56 Å². The summed E-state index contributed by atoms with van der Waals surface area (Å²) in [6.07, 6.45) is 0. The van der Waals surface area contributed by atoms with Crippen molar-refractivity contribution in [2.75, 3.05) is 13.1 Å². The average molecular weight is 229 g/mol. The molecule has 0 unspecified atom stereocenters. The smallest absolute Gasteiger partial charge is 0.0749 e. The topological polar surface area (TPSA) is 52.0 Å². The molecule has 0 aliphatic heterocycles. The van der Waals surface area contributed by atoms with Crippen LogP contribution in [0.25, 0.3) is 0 Å². The van der Waals surface area contributed by atoms with Crippen LogP contribution in [0, 0.1) is 0 Å². The molecule has 1 rings (SSSR count). The lowest BCUT2D eigenvalue weighted by Gasteiger charge is -2.24. The second-order valence-corrected chi connectivity index (χ2v) is 4.26. The van der Waals surface area contributed by atoms with E-state index in [1.54, 1.807) is 0 Å². The number of rotatable bonds is 3. The van der Waals surface area contributed by atoms with E-state index in [2.05, 4.69) is 15.9 Å². The first-order chi connectivity index (χ1) is 5.73. The summed E-state index contributed by atoms with van der Waals surface area (Å²) in [5, 5.41) is 0. The van der Waals surface area contributed by atoms with Gasteiger partial charge in [0.2, 0.25) is 0 Å². The maximum Gasteiger partial charge on any atom is 0.0749 e. The molecule has 0 saturated heterocycles. The normalized spacial score (nSPS) is 11.6. The first-order valence-corrected chi connectivity index (χ1v) is 4.67. The lowest BCUT2D eigenvalue weighted by molar-refractivity contribution is 0.660. The van der Waals surface area contributed by atoms with Gasteiger partial charge in [0.1, 0.15) is 0 Å². The van der Waals surface area contributed by atoms with E-state index in [0.29, 0.717) is 13.1 Å². The van der Waals surface area contributed by atoms with Gasteiger partial charge in [0.25, 0.3) is 0 Å². The molecule has 0 aliphatic carbocycles. The van der Waals surface area contributed by atoms with Gasteiger partial charge < -0.3 is 11.5 Å². The van der Waals surface area contributed by atoms with E-state index in [0.717, 1.165) is 5.56 Å². The largest absolute Gasteiger partial charge is 0.329 e. The van der Waals surface area contributed by atoms with Crippen molar-refractivity contribution in [3.63, 3.8) is 0 Å². The third-order valence-electron chi connectivity index (χ3n) is 1.94. The van der Waals surface area contributed by atoms with Crippen LogP contribution >= 0.6 is 15.9 Å². The monoisotopic (exact) mass is 228 g/mol. The zero-order valence-electron chi connectivity index (χ0n) is 6.83. The summed E-state index contributed by atoms with van der Waals surface area (Å²) in [4.78, 5) is 0. The first-order valence-electron chi connectivity index (χ1n) is 3.87. The van der Waals surface area contributed by atoms with Crippen LogP contribution in [-0.2, 0) is 4.32 Å². The lowest BCUT2D eigenvalue weighted by atomic mass is 9.99. The molecule has 0 amide bonds. The Balaban J connectivity index is 2.95. The minimum atomic E-state index is -0.256. The number of benzene rings is 1. The molecule has 0 spiro atoms. The molecular weight excluding hydrogens is 216 g/mol. The Morgan fingerprint density at radius 3 is 2.00 bits per heavy atom. The SMILES string of the molecule is NCC(Br)(CN)c1ccccc1. The maximum absolute atomic E-state index is 5.62. The summed E-state index contributed by atoms with van der Waals surface area (Å²) < 4.78 is -0.256. The Kier molecular flexibility index (Phi) is 3.26. The Labute approximate surface area is 81.1 Å². The molecule has 66 valence electrons. The molecule has 0 fully saturated rings. The molecule has 1 aromatic rings. The van der Waals surface area contributed by atoms with Gasteiger partial charge in [-0.2, -0.15) is 0 Å². The van der Waals surface area contributed by atoms with Gasteiger partial charge in [-0.1, -0.05) is 46.3 Å². The number of nitrogens with two attached hydrogens (primary N) is 2. The highest BCUT2D eigenvalue weighted by molar-refractivity contribution is 9.09. The zero-order valence-corrected chi connectivity index (χ0v) is 8.42. The second kappa shape index (κ2) is 4.03. The molecule has 0 saturated carbocycles. The molecule has 1 aromatic carbocycles. The Hall–Kier alpha value is -0.380. The van der Waals surface area contributed by atoms with E-state index in [1.807, 2.05) is 30.3 Å². The van der Waals surface area contributed by atoms with Crippen molar-refractivity contribution in [1.82, 2.24) is 0 Å². The molecule has 3 heteroatoms. The van der Waals surface area contributed by atoms with Gasteiger partial charge in [-0.3, -0.25) is 0 Å². The van der Waals surface area contributed by atoms with Crippen molar-refractivity contribution in [2.24, 2.45) is 11.5 Å². The molecule has 2 nitrogen and oxygen atoms in total. The summed E-state index contributed by atoms with van der Waals surface area (Å²) in [7, 11) is 0. The third-order valence-corrected chi connectivity index (χ3v) is 3.04. The van der Waals surface area contributed by atoms with E-state index in [1.165, 1.54) is 0 Å². The van der Waals surface area contributed by atoms with Crippen molar-refractivity contribution < 1.29 is 0 Å². The van der Waals surface area contributed by atoms with Crippen LogP contribution in [0.3, 0.4) is 0 Å². The number of alkyl halides is 1. The second-order valence-electron chi connectivity index (χ2n) is 2.74. The Bertz CT molecular complexity index is 232. The van der Waals surface area contributed by atoms with E-state index in [9.17, 15) is 0 Å². The molecular formula is C9H13BrN2. The predicted molar refractivity (Wildman–Crippen MR) is 55.2 cm³/mol. The van der Waals surface area contributed by atoms with Crippen molar-refractivity contribution in [2.45, 2.75) is 4.32 Å². The maximum atomic E-state index is 5.62. The summed E-state index contributed by atoms with van der Waals surface area (Å²) in [6.45, 7) is 1.01. The van der Waals surface area contributed by atoms with Gasteiger partial charge in [0.15, 0.2) is 0 Å². The molecule has 12 heavy (non-hydrogen) atoms. The minimum Gasteiger partial charge on any atom is -0.329 e. The molecule has 0 atom stereocenters. The average Bonchev–Trinajstić information content (AvgIpc) is 2.18. The molecule has 0 bridgehead atoms. The van der Waals surface area contributed by atoms with Crippen molar-refractivity contribution in [3.8, 4) is 0 Å². The summed E-state index contributed by atoms with van der Waals surface area (Å²) in [5.74, 6) is 0. The zero-order chi connectivity index (χ0) is 9.03. The van der Waals surface area contributed by atoms with Crippen molar-refractivity contribution in [3.05, 3.63) is 35.9 Å². The molecule has 0 heterocycles. The van der Waals surface area contributed by atoms with E-state index >= 15 is 0 Å². The molecule has 0 aromatic heterocycles. The summed E-state index contributed by atoms with van der Waals surface area (Å²) in [5.41, 5.74) is 12.4. The van der Waals surface area contributed by atoms with Crippen molar-refractivity contribution in [1.29, 1.82) is 0 Å². The summed E-state index contributed by atoms with van der Waals surface area (Å²) in [6, 6.07) is 9.99. The number of halogens is 1. The van der Waals surface area contributed by atoms with Gasteiger partial charge in [-0.25, -0.2) is 0 Å². The van der Waals surface area contributed by atoms with Crippen LogP contribution in [0.5, 0.6) is 0 Å². The predicted octanol–water partition coefficient (Wildman–Crippen LogP) is 1.19. The van der Waals surface area contributed by atoms with Crippen LogP contribution in [0.2, 0.25) is 0 Å². The number of hydrogen-bond acceptors (Lipinski definition) is 2. The Morgan fingerprint density at radius 1 is 1.08 bits per heavy atom. The Morgan fingerprint density at radius 2 is 1.58 bits per heavy atom. The number of hydrogen-bond donors (Lipinski definition) is 2. The van der Waals surface area contributed by atoms with Crippen LogP contribution in [0.15, 0.2) is 30.3 Å². The van der Waals surface area contributed by atoms with Gasteiger partial charge in [0.05, 0.1) is 4.32 Å². The summed E-state index contributed by atoms with van der Waals surface area (Å²) >= 11 is 3.54. The standard InChI is InChI=1S/C9H13BrN2/c10-9(6-11,7-12)8-4-2-1-3-5-8/h1-5H,6-7,11-12H2. The van der Waals surface area contributed by atoms with Crippen LogP contribution in [0.4, 0.5) is 0 Å². The molecule has 0 radical (unpaired) electrons. The highest BCUT2D eigenvalue weighted by Gasteiger charge is 2.24. The quantitative estimate of drug-likeness (QED) is 0.765. The van der Waals surface area contributed by atoms with E-state index < -0.39 is 0 Å². The molecule has 4 N–H and O–H groups in total. The van der Waals surface area contributed by atoms with E-state index in [4.69, 9.17) is 11.5 Å². The fourth-order valence-electron chi connectivity index (χ4n) is 1.06. The fourth-order valence-corrected chi connectivity index (χ4v) is 1.32. The fraction of sp³-hybridized carbons (Fsp3) is 0.333. The highest BCUT2D eigenvalue weighted by atomic mass is 79.9. The van der Waals surface area contributed by atoms with E-state index in [-0.39, 0.29) is 4.32 Å². The lowest BCUT2D eigenvalue weighted by Crippen LogP contribution is -2.36. The van der Waals surface area contributed by atoms with Crippen LogP contribution < -0.4 is 11.5 Å². The highest BCUT2D eigenvalue weighted by Crippen LogP contribution is 2.28. The minimum absolute atomic E-state index is 0.256. The van der Waals surface area contributed by atoms with Gasteiger partial charge in [-0.15, -0.1) is 0 Å². The van der Waals surface area contributed by atoms with Gasteiger partial charge in [-0.05, 0) is 5.56 Å².